The van der Waals surface area contributed by atoms with E-state index >= 15 is 0 Å². The Morgan fingerprint density at radius 2 is 2.11 bits per heavy atom. The smallest absolute Gasteiger partial charge is 0.244 e. The van der Waals surface area contributed by atoms with Crippen LogP contribution >= 0.6 is 0 Å². The number of anilines is 1. The van der Waals surface area contributed by atoms with Gasteiger partial charge in [0.15, 0.2) is 5.69 Å². The summed E-state index contributed by atoms with van der Waals surface area (Å²) in [5, 5.41) is 26.2. The zero-order chi connectivity index (χ0) is 19.5. The lowest BCUT2D eigenvalue weighted by atomic mass is 10.1. The molecule has 9 heteroatoms. The number of rotatable bonds is 6. The van der Waals surface area contributed by atoms with E-state index in [2.05, 4.69) is 25.3 Å². The average molecular weight is 382 g/mol. The maximum Gasteiger partial charge on any atom is 0.244 e. The molecule has 0 saturated carbocycles. The molecule has 146 valence electrons. The minimum absolute atomic E-state index is 0.0601. The van der Waals surface area contributed by atoms with E-state index in [1.54, 1.807) is 18.3 Å². The maximum atomic E-state index is 11.0. The van der Waals surface area contributed by atoms with E-state index in [0.717, 1.165) is 36.3 Å². The van der Waals surface area contributed by atoms with E-state index in [1.807, 2.05) is 31.3 Å². The molecule has 28 heavy (non-hydrogen) atoms. The van der Waals surface area contributed by atoms with Gasteiger partial charge in [-0.05, 0) is 37.1 Å². The molecule has 1 aromatic carbocycles. The van der Waals surface area contributed by atoms with Crippen LogP contribution in [0.5, 0.6) is 0 Å². The van der Waals surface area contributed by atoms with Crippen LogP contribution in [-0.2, 0) is 6.54 Å². The Morgan fingerprint density at radius 1 is 1.29 bits per heavy atom. The van der Waals surface area contributed by atoms with Crippen LogP contribution in [0.4, 0.5) is 11.5 Å². The van der Waals surface area contributed by atoms with Crippen LogP contribution in [0.3, 0.4) is 0 Å². The fraction of sp³-hybridized carbons (Fsp3) is 0.316. The van der Waals surface area contributed by atoms with Gasteiger partial charge in [-0.3, -0.25) is 4.90 Å². The van der Waals surface area contributed by atoms with Crippen LogP contribution in [-0.4, -0.2) is 38.8 Å². The van der Waals surface area contributed by atoms with E-state index < -0.39 is 5.23 Å². The molecule has 1 saturated heterocycles. The highest BCUT2D eigenvalue weighted by Crippen LogP contribution is 2.33. The molecule has 0 bridgehead atoms. The lowest BCUT2D eigenvalue weighted by molar-refractivity contribution is -0.991. The van der Waals surface area contributed by atoms with Crippen LogP contribution in [0.15, 0.2) is 47.1 Å². The number of aromatic nitrogens is 3. The molecule has 2 atom stereocenters. The predicted octanol–water partition coefficient (Wildman–Crippen LogP) is 1.91. The van der Waals surface area contributed by atoms with Crippen molar-refractivity contribution in [3.05, 3.63) is 59.3 Å². The van der Waals surface area contributed by atoms with Crippen LogP contribution in [0, 0.1) is 5.21 Å². The summed E-state index contributed by atoms with van der Waals surface area (Å²) in [6.07, 6.45) is 3.72. The Morgan fingerprint density at radius 3 is 2.79 bits per heavy atom. The Kier molecular flexibility index (Phi) is 5.31. The summed E-state index contributed by atoms with van der Waals surface area (Å²) < 4.78 is 5.55. The molecule has 0 radical (unpaired) electrons. The van der Waals surface area contributed by atoms with E-state index in [1.165, 1.54) is 0 Å². The molecule has 1 fully saturated rings. The molecule has 1 aliphatic heterocycles. The molecule has 0 amide bonds. The number of likely N-dealkylation sites (tertiary alicyclic amines) is 1. The summed E-state index contributed by atoms with van der Waals surface area (Å²) in [5.41, 5.74) is 2.16. The van der Waals surface area contributed by atoms with Gasteiger partial charge in [-0.25, -0.2) is 10.2 Å². The van der Waals surface area contributed by atoms with Crippen molar-refractivity contribution in [2.75, 3.05) is 18.9 Å². The SMILES string of the molecule is CNc1ccc(-c2noc(C3CCCN3Cc3ccc([NH+]([O-])O)cc3)n2)cn1. The third kappa shape index (κ3) is 3.87. The van der Waals surface area contributed by atoms with Crippen molar-refractivity contribution >= 4 is 11.5 Å². The molecule has 9 nitrogen and oxygen atoms in total. The summed E-state index contributed by atoms with van der Waals surface area (Å²) in [6, 6.07) is 10.8. The summed E-state index contributed by atoms with van der Waals surface area (Å²) in [5.74, 6) is 1.92. The molecular formula is C19H22N6O3. The predicted molar refractivity (Wildman–Crippen MR) is 102 cm³/mol. The fourth-order valence-electron chi connectivity index (χ4n) is 3.44. The quantitative estimate of drug-likeness (QED) is 0.554. The molecule has 3 aromatic rings. The summed E-state index contributed by atoms with van der Waals surface area (Å²) in [4.78, 5) is 11.2. The second-order valence-electron chi connectivity index (χ2n) is 6.77. The zero-order valence-electron chi connectivity index (χ0n) is 15.5. The molecule has 3 N–H and O–H groups in total. The number of hydrogen-bond donors (Lipinski definition) is 3. The van der Waals surface area contributed by atoms with E-state index in [0.29, 0.717) is 23.9 Å². The molecule has 2 unspecified atom stereocenters. The zero-order valence-corrected chi connectivity index (χ0v) is 15.5. The number of quaternary nitrogens is 1. The Hall–Kier alpha value is -2.85. The monoisotopic (exact) mass is 382 g/mol. The van der Waals surface area contributed by atoms with Crippen molar-refractivity contribution in [2.24, 2.45) is 0 Å². The highest BCUT2D eigenvalue weighted by atomic mass is 16.8. The first-order chi connectivity index (χ1) is 13.6. The van der Waals surface area contributed by atoms with Crippen molar-refractivity contribution in [1.82, 2.24) is 20.0 Å². The van der Waals surface area contributed by atoms with Crippen molar-refractivity contribution in [1.29, 1.82) is 0 Å². The van der Waals surface area contributed by atoms with Crippen molar-refractivity contribution in [3.63, 3.8) is 0 Å². The van der Waals surface area contributed by atoms with E-state index in [9.17, 15) is 5.21 Å². The Balaban J connectivity index is 1.48. The molecule has 4 rings (SSSR count). The number of hydrogen-bond acceptors (Lipinski definition) is 8. The average Bonchev–Trinajstić information content (AvgIpc) is 3.38. The topological polar surface area (TPSA) is 115 Å². The molecule has 0 aliphatic carbocycles. The van der Waals surface area contributed by atoms with Gasteiger partial charge in [-0.15, -0.1) is 0 Å². The molecule has 1 aliphatic rings. The lowest BCUT2D eigenvalue weighted by Crippen LogP contribution is -2.99. The second-order valence-corrected chi connectivity index (χ2v) is 6.77. The number of benzene rings is 1. The van der Waals surface area contributed by atoms with Gasteiger partial charge in [0.05, 0.1) is 6.04 Å². The minimum Gasteiger partial charge on any atom is -0.595 e. The third-order valence-electron chi connectivity index (χ3n) is 4.95. The maximum absolute atomic E-state index is 11.0. The Bertz CT molecular complexity index is 910. The molecule has 2 aromatic heterocycles. The van der Waals surface area contributed by atoms with Crippen LogP contribution < -0.4 is 10.5 Å². The van der Waals surface area contributed by atoms with Crippen LogP contribution in [0.25, 0.3) is 11.4 Å². The summed E-state index contributed by atoms with van der Waals surface area (Å²) >= 11 is 0. The lowest BCUT2D eigenvalue weighted by Gasteiger charge is -2.21. The minimum atomic E-state index is -0.916. The van der Waals surface area contributed by atoms with Gasteiger partial charge in [0, 0.05) is 37.5 Å². The number of nitrogens with zero attached hydrogens (tertiary/aromatic N) is 4. The van der Waals surface area contributed by atoms with Crippen LogP contribution in [0.1, 0.15) is 30.3 Å². The second kappa shape index (κ2) is 8.03. The van der Waals surface area contributed by atoms with Gasteiger partial charge >= 0.3 is 0 Å². The van der Waals surface area contributed by atoms with Gasteiger partial charge in [0.2, 0.25) is 11.7 Å². The normalized spacial score (nSPS) is 18.3. The van der Waals surface area contributed by atoms with Crippen molar-refractivity contribution in [2.45, 2.75) is 25.4 Å². The first-order valence-corrected chi connectivity index (χ1v) is 9.18. The van der Waals surface area contributed by atoms with Crippen LogP contribution in [0.2, 0.25) is 0 Å². The Labute approximate surface area is 162 Å². The molecule has 0 spiro atoms. The third-order valence-corrected chi connectivity index (χ3v) is 4.95. The van der Waals surface area contributed by atoms with Gasteiger partial charge in [-0.2, -0.15) is 10.2 Å². The molecule has 3 heterocycles. The summed E-state index contributed by atoms with van der Waals surface area (Å²) in [7, 11) is 1.82. The standard InChI is InChI=1S/C19H22N6O3/c1-20-17-9-6-14(11-21-17)18-22-19(28-23-18)16-3-2-10-24(16)12-13-4-7-15(8-5-13)25(26)27/h4-9,11,16,25-26H,2-3,10,12H2,1H3,(H,20,21). The van der Waals surface area contributed by atoms with Gasteiger partial charge in [0.25, 0.3) is 0 Å². The highest BCUT2D eigenvalue weighted by molar-refractivity contribution is 5.55. The summed E-state index contributed by atoms with van der Waals surface area (Å²) in [6.45, 7) is 1.64. The number of pyridine rings is 1. The van der Waals surface area contributed by atoms with Crippen molar-refractivity contribution < 1.29 is 15.0 Å². The first-order valence-electron chi connectivity index (χ1n) is 9.18. The number of nitrogens with one attached hydrogen (secondary N) is 2. The van der Waals surface area contributed by atoms with Gasteiger partial charge in [0.1, 0.15) is 5.82 Å². The largest absolute Gasteiger partial charge is 0.595 e. The fourth-order valence-corrected chi connectivity index (χ4v) is 3.44. The van der Waals surface area contributed by atoms with E-state index in [-0.39, 0.29) is 6.04 Å². The highest BCUT2D eigenvalue weighted by Gasteiger charge is 2.30. The van der Waals surface area contributed by atoms with E-state index in [4.69, 9.17) is 9.73 Å². The van der Waals surface area contributed by atoms with Crippen molar-refractivity contribution in [3.8, 4) is 11.4 Å². The van der Waals surface area contributed by atoms with Gasteiger partial charge < -0.3 is 15.0 Å². The van der Waals surface area contributed by atoms with Gasteiger partial charge in [-0.1, -0.05) is 17.3 Å². The first kappa shape index (κ1) is 18.5. The molecular weight excluding hydrogens is 360 g/mol.